The van der Waals surface area contributed by atoms with Gasteiger partial charge in [0.25, 0.3) is 5.69 Å². The molecule has 0 bridgehead atoms. The second-order valence-corrected chi connectivity index (χ2v) is 7.63. The molecule has 32 heavy (non-hydrogen) atoms. The topological polar surface area (TPSA) is 81.2 Å². The second kappa shape index (κ2) is 8.13. The van der Waals surface area contributed by atoms with E-state index in [2.05, 4.69) is 29.6 Å². The molecule has 0 aromatic heterocycles. The zero-order valence-corrected chi connectivity index (χ0v) is 17.3. The van der Waals surface area contributed by atoms with Crippen molar-refractivity contribution in [2.75, 3.05) is 5.32 Å². The van der Waals surface area contributed by atoms with Crippen molar-refractivity contribution in [2.24, 2.45) is 5.73 Å². The van der Waals surface area contributed by atoms with Gasteiger partial charge in [-0.2, -0.15) is 0 Å². The van der Waals surface area contributed by atoms with Crippen molar-refractivity contribution in [3.63, 3.8) is 0 Å². The number of nitrogens with zero attached hydrogens (tertiary/aromatic N) is 1. The Morgan fingerprint density at radius 1 is 0.781 bits per heavy atom. The molecule has 0 aliphatic carbocycles. The normalized spacial score (nSPS) is 11.0. The van der Waals surface area contributed by atoms with Crippen LogP contribution < -0.4 is 11.1 Å². The molecular weight excluding hydrogens is 398 g/mol. The number of para-hydroxylation sites is 1. The summed E-state index contributed by atoms with van der Waals surface area (Å²) in [5, 5.41) is 19.6. The van der Waals surface area contributed by atoms with Crippen LogP contribution in [0, 0.1) is 10.1 Å². The number of nitro groups is 1. The smallest absolute Gasteiger partial charge is 0.277 e. The van der Waals surface area contributed by atoms with Crippen LogP contribution in [0.4, 0.5) is 17.1 Å². The first-order chi connectivity index (χ1) is 15.7. The van der Waals surface area contributed by atoms with E-state index in [1.165, 1.54) is 0 Å². The van der Waals surface area contributed by atoms with Gasteiger partial charge in [-0.05, 0) is 45.3 Å². The molecule has 5 heteroatoms. The van der Waals surface area contributed by atoms with Crippen molar-refractivity contribution in [3.8, 4) is 11.1 Å². The Morgan fingerprint density at radius 2 is 1.50 bits per heavy atom. The predicted octanol–water partition coefficient (Wildman–Crippen LogP) is 6.77. The standard InChI is InChI=1S/C27H21N3O2/c28-17-23-24(29-20-9-2-1-3-10-20)15-16-25(30(31)32)27(23)22-12-6-8-19-14-13-18-7-4-5-11-21(18)26(19)22/h1-16,29H,17,28H2. The second-order valence-electron chi connectivity index (χ2n) is 7.63. The first-order valence-electron chi connectivity index (χ1n) is 10.4. The molecule has 5 rings (SSSR count). The van der Waals surface area contributed by atoms with Crippen LogP contribution in [-0.2, 0) is 6.54 Å². The Morgan fingerprint density at radius 3 is 2.28 bits per heavy atom. The van der Waals surface area contributed by atoms with Crippen LogP contribution >= 0.6 is 0 Å². The Labute approximate surface area is 185 Å². The van der Waals surface area contributed by atoms with Gasteiger partial charge in [-0.25, -0.2) is 0 Å². The lowest BCUT2D eigenvalue weighted by atomic mass is 9.89. The maximum absolute atomic E-state index is 12.1. The quantitative estimate of drug-likeness (QED) is 0.187. The number of anilines is 2. The van der Waals surface area contributed by atoms with Crippen molar-refractivity contribution in [1.82, 2.24) is 0 Å². The van der Waals surface area contributed by atoms with Crippen molar-refractivity contribution >= 4 is 38.6 Å². The predicted molar refractivity (Wildman–Crippen MR) is 131 cm³/mol. The summed E-state index contributed by atoms with van der Waals surface area (Å²) in [7, 11) is 0. The number of fused-ring (bicyclic) bond motifs is 3. The van der Waals surface area contributed by atoms with Gasteiger partial charge < -0.3 is 11.1 Å². The van der Waals surface area contributed by atoms with E-state index < -0.39 is 0 Å². The molecule has 0 saturated heterocycles. The molecule has 0 fully saturated rings. The van der Waals surface area contributed by atoms with Crippen molar-refractivity contribution < 1.29 is 4.92 Å². The largest absolute Gasteiger partial charge is 0.355 e. The molecule has 5 aromatic carbocycles. The fourth-order valence-electron chi connectivity index (χ4n) is 4.36. The molecule has 0 radical (unpaired) electrons. The van der Waals surface area contributed by atoms with E-state index in [1.807, 2.05) is 60.7 Å². The van der Waals surface area contributed by atoms with Crippen LogP contribution in [0.2, 0.25) is 0 Å². The average Bonchev–Trinajstić information content (AvgIpc) is 2.83. The van der Waals surface area contributed by atoms with Crippen molar-refractivity contribution in [3.05, 3.63) is 113 Å². The molecule has 0 amide bonds. The Bertz CT molecular complexity index is 1460. The van der Waals surface area contributed by atoms with Crippen molar-refractivity contribution in [2.45, 2.75) is 6.54 Å². The van der Waals surface area contributed by atoms with Gasteiger partial charge in [-0.3, -0.25) is 10.1 Å². The lowest BCUT2D eigenvalue weighted by Gasteiger charge is -2.18. The van der Waals surface area contributed by atoms with E-state index in [0.717, 1.165) is 38.5 Å². The third kappa shape index (κ3) is 3.35. The summed E-state index contributed by atoms with van der Waals surface area (Å²) < 4.78 is 0. The molecular formula is C27H21N3O2. The highest BCUT2D eigenvalue weighted by atomic mass is 16.6. The Balaban J connectivity index is 1.85. The zero-order chi connectivity index (χ0) is 22.1. The third-order valence-electron chi connectivity index (χ3n) is 5.78. The summed E-state index contributed by atoms with van der Waals surface area (Å²) in [6.07, 6.45) is 0. The van der Waals surface area contributed by atoms with Crippen LogP contribution in [0.3, 0.4) is 0 Å². The van der Waals surface area contributed by atoms with E-state index >= 15 is 0 Å². The van der Waals surface area contributed by atoms with Gasteiger partial charge >= 0.3 is 0 Å². The number of benzene rings is 5. The van der Waals surface area contributed by atoms with E-state index in [0.29, 0.717) is 11.1 Å². The summed E-state index contributed by atoms with van der Waals surface area (Å²) in [5.41, 5.74) is 9.98. The fourth-order valence-corrected chi connectivity index (χ4v) is 4.36. The lowest BCUT2D eigenvalue weighted by molar-refractivity contribution is -0.384. The minimum Gasteiger partial charge on any atom is -0.355 e. The third-order valence-corrected chi connectivity index (χ3v) is 5.78. The molecule has 5 aromatic rings. The average molecular weight is 419 g/mol. The number of rotatable bonds is 5. The van der Waals surface area contributed by atoms with E-state index in [-0.39, 0.29) is 17.2 Å². The first kappa shape index (κ1) is 19.7. The van der Waals surface area contributed by atoms with Gasteiger partial charge in [-0.15, -0.1) is 0 Å². The van der Waals surface area contributed by atoms with Crippen LogP contribution in [0.25, 0.3) is 32.7 Å². The van der Waals surface area contributed by atoms with Gasteiger partial charge in [0.1, 0.15) is 0 Å². The fraction of sp³-hybridized carbons (Fsp3) is 0.0370. The summed E-state index contributed by atoms with van der Waals surface area (Å²) in [6.45, 7) is 0.160. The van der Waals surface area contributed by atoms with Gasteiger partial charge in [0.2, 0.25) is 0 Å². The lowest BCUT2D eigenvalue weighted by Crippen LogP contribution is -2.07. The minimum atomic E-state index is -0.329. The monoisotopic (exact) mass is 419 g/mol. The van der Waals surface area contributed by atoms with Crippen molar-refractivity contribution in [1.29, 1.82) is 0 Å². The first-order valence-corrected chi connectivity index (χ1v) is 10.4. The number of hydrogen-bond donors (Lipinski definition) is 2. The zero-order valence-electron chi connectivity index (χ0n) is 17.3. The summed E-state index contributed by atoms with van der Waals surface area (Å²) in [5.74, 6) is 0. The van der Waals surface area contributed by atoms with Gasteiger partial charge in [0.15, 0.2) is 0 Å². The Kier molecular flexibility index (Phi) is 5.01. The number of nitrogens with two attached hydrogens (primary N) is 1. The van der Waals surface area contributed by atoms with E-state index in [4.69, 9.17) is 5.73 Å². The maximum Gasteiger partial charge on any atom is 0.277 e. The number of nitro benzene ring substituents is 1. The minimum absolute atomic E-state index is 0.0458. The van der Waals surface area contributed by atoms with Gasteiger partial charge in [0, 0.05) is 29.5 Å². The summed E-state index contributed by atoms with van der Waals surface area (Å²) >= 11 is 0. The van der Waals surface area contributed by atoms with Crippen LogP contribution in [0.5, 0.6) is 0 Å². The molecule has 0 aliphatic rings. The SMILES string of the molecule is NCc1c(Nc2ccccc2)ccc([N+](=O)[O-])c1-c1cccc2ccc3ccccc3c12. The number of hydrogen-bond acceptors (Lipinski definition) is 4. The highest BCUT2D eigenvalue weighted by molar-refractivity contribution is 6.15. The van der Waals surface area contributed by atoms with Crippen LogP contribution in [0.1, 0.15) is 5.56 Å². The Hall–Kier alpha value is -4.22. The molecule has 3 N–H and O–H groups in total. The van der Waals surface area contributed by atoms with E-state index in [1.54, 1.807) is 12.1 Å². The highest BCUT2D eigenvalue weighted by Crippen LogP contribution is 2.43. The van der Waals surface area contributed by atoms with Crippen LogP contribution in [-0.4, -0.2) is 4.92 Å². The molecule has 0 saturated carbocycles. The van der Waals surface area contributed by atoms with E-state index in [9.17, 15) is 10.1 Å². The molecule has 0 spiro atoms. The summed E-state index contributed by atoms with van der Waals surface area (Å²) in [6, 6.07) is 31.2. The van der Waals surface area contributed by atoms with Gasteiger partial charge in [0.05, 0.1) is 10.5 Å². The molecule has 0 unspecified atom stereocenters. The van der Waals surface area contributed by atoms with Crippen LogP contribution in [0.15, 0.2) is 97.1 Å². The molecule has 156 valence electrons. The molecule has 0 aliphatic heterocycles. The maximum atomic E-state index is 12.1. The molecule has 5 nitrogen and oxygen atoms in total. The summed E-state index contributed by atoms with van der Waals surface area (Å²) in [4.78, 5) is 11.7. The highest BCUT2D eigenvalue weighted by Gasteiger charge is 2.24. The number of nitrogens with one attached hydrogen (secondary N) is 1. The molecule has 0 atom stereocenters. The van der Waals surface area contributed by atoms with Gasteiger partial charge in [-0.1, -0.05) is 72.8 Å². The molecule has 0 heterocycles.